The third kappa shape index (κ3) is 3.74. The Labute approximate surface area is 157 Å². The van der Waals surface area contributed by atoms with Crippen LogP contribution in [0.1, 0.15) is 17.9 Å². The highest BCUT2D eigenvalue weighted by molar-refractivity contribution is 5.79. The van der Waals surface area contributed by atoms with Gasteiger partial charge in [-0.05, 0) is 36.6 Å². The highest BCUT2D eigenvalue weighted by atomic mass is 16.5. The van der Waals surface area contributed by atoms with Crippen LogP contribution in [0.3, 0.4) is 0 Å². The minimum atomic E-state index is -0.186. The smallest absolute Gasteiger partial charge is 0.226 e. The van der Waals surface area contributed by atoms with E-state index in [0.29, 0.717) is 37.6 Å². The van der Waals surface area contributed by atoms with Crippen molar-refractivity contribution in [1.29, 1.82) is 0 Å². The molecule has 6 heteroatoms. The molecule has 2 aromatic carbocycles. The Morgan fingerprint density at radius 3 is 3.00 bits per heavy atom. The molecule has 1 aliphatic heterocycles. The van der Waals surface area contributed by atoms with Crippen molar-refractivity contribution in [2.75, 3.05) is 20.3 Å². The molecule has 1 aliphatic rings. The van der Waals surface area contributed by atoms with Gasteiger partial charge in [0, 0.05) is 13.0 Å². The van der Waals surface area contributed by atoms with Gasteiger partial charge >= 0.3 is 0 Å². The van der Waals surface area contributed by atoms with Crippen LogP contribution in [0.2, 0.25) is 0 Å². The fraction of sp³-hybridized carbons (Fsp3) is 0.333. The van der Waals surface area contributed by atoms with Crippen LogP contribution in [0.15, 0.2) is 46.9 Å². The molecule has 140 valence electrons. The fourth-order valence-electron chi connectivity index (χ4n) is 3.35. The summed E-state index contributed by atoms with van der Waals surface area (Å²) in [7, 11) is 1.62. The molecular formula is C21H22N2O4. The van der Waals surface area contributed by atoms with Crippen LogP contribution in [0.5, 0.6) is 11.5 Å². The molecule has 4 rings (SSSR count). The van der Waals surface area contributed by atoms with Gasteiger partial charge in [-0.1, -0.05) is 24.3 Å². The predicted octanol–water partition coefficient (Wildman–Crippen LogP) is 3.14. The number of hydrogen-bond acceptors (Lipinski definition) is 5. The van der Waals surface area contributed by atoms with E-state index < -0.39 is 0 Å². The standard InChI is InChI=1S/C21H22N2O4/c1-25-18-9-4-6-14-12-15(13-26-20(14)18)21(24)22-11-5-10-19-23-16-7-2-3-8-17(16)27-19/h2-4,6-9,15H,5,10-13H2,1H3,(H,22,24). The van der Waals surface area contributed by atoms with E-state index in [9.17, 15) is 4.79 Å². The van der Waals surface area contributed by atoms with E-state index in [0.717, 1.165) is 28.8 Å². The monoisotopic (exact) mass is 366 g/mol. The second-order valence-corrected chi connectivity index (χ2v) is 6.63. The zero-order valence-corrected chi connectivity index (χ0v) is 15.2. The maximum absolute atomic E-state index is 12.5. The highest BCUT2D eigenvalue weighted by Gasteiger charge is 2.27. The first-order valence-corrected chi connectivity index (χ1v) is 9.15. The zero-order chi connectivity index (χ0) is 18.6. The number of aromatic nitrogens is 1. The van der Waals surface area contributed by atoms with E-state index in [-0.39, 0.29) is 11.8 Å². The van der Waals surface area contributed by atoms with Gasteiger partial charge in [0.05, 0.1) is 13.0 Å². The first kappa shape index (κ1) is 17.4. The van der Waals surface area contributed by atoms with Gasteiger partial charge in [0.1, 0.15) is 12.1 Å². The van der Waals surface area contributed by atoms with Crippen LogP contribution in [0.25, 0.3) is 11.1 Å². The SMILES string of the molecule is COc1cccc2c1OCC(C(=O)NCCCc1nc3ccccc3o1)C2. The van der Waals surface area contributed by atoms with Crippen molar-refractivity contribution in [1.82, 2.24) is 10.3 Å². The average Bonchev–Trinajstić information content (AvgIpc) is 3.13. The number of carbonyl (C=O) groups is 1. The Hall–Kier alpha value is -3.02. The van der Waals surface area contributed by atoms with Crippen LogP contribution in [0.4, 0.5) is 0 Å². The first-order valence-electron chi connectivity index (χ1n) is 9.15. The van der Waals surface area contributed by atoms with Crippen molar-refractivity contribution in [3.05, 3.63) is 53.9 Å². The van der Waals surface area contributed by atoms with Crippen molar-refractivity contribution in [2.45, 2.75) is 19.3 Å². The number of nitrogens with zero attached hydrogens (tertiary/aromatic N) is 1. The van der Waals surface area contributed by atoms with Crippen LogP contribution in [-0.4, -0.2) is 31.2 Å². The summed E-state index contributed by atoms with van der Waals surface area (Å²) in [5.74, 6) is 1.99. The molecule has 0 saturated carbocycles. The molecule has 0 radical (unpaired) electrons. The lowest BCUT2D eigenvalue weighted by atomic mass is 9.95. The quantitative estimate of drug-likeness (QED) is 0.679. The largest absolute Gasteiger partial charge is 0.493 e. The second kappa shape index (κ2) is 7.70. The van der Waals surface area contributed by atoms with E-state index in [1.165, 1.54) is 0 Å². The summed E-state index contributed by atoms with van der Waals surface area (Å²) >= 11 is 0. The molecule has 1 aromatic heterocycles. The average molecular weight is 366 g/mol. The molecule has 27 heavy (non-hydrogen) atoms. The number of hydrogen-bond donors (Lipinski definition) is 1. The maximum atomic E-state index is 12.5. The number of para-hydroxylation sites is 3. The van der Waals surface area contributed by atoms with Crippen LogP contribution >= 0.6 is 0 Å². The van der Waals surface area contributed by atoms with Gasteiger partial charge in [0.2, 0.25) is 5.91 Å². The van der Waals surface area contributed by atoms with Crippen LogP contribution < -0.4 is 14.8 Å². The van der Waals surface area contributed by atoms with E-state index in [4.69, 9.17) is 13.9 Å². The summed E-state index contributed by atoms with van der Waals surface area (Å²) in [5, 5.41) is 3.00. The first-order chi connectivity index (χ1) is 13.2. The highest BCUT2D eigenvalue weighted by Crippen LogP contribution is 2.36. The number of methoxy groups -OCH3 is 1. The van der Waals surface area contributed by atoms with Crippen LogP contribution in [0, 0.1) is 5.92 Å². The van der Waals surface area contributed by atoms with Gasteiger partial charge in [-0.2, -0.15) is 0 Å². The van der Waals surface area contributed by atoms with Gasteiger partial charge in [0.15, 0.2) is 23.0 Å². The van der Waals surface area contributed by atoms with Gasteiger partial charge in [-0.3, -0.25) is 4.79 Å². The molecule has 2 heterocycles. The molecule has 1 unspecified atom stereocenters. The molecule has 0 bridgehead atoms. The lowest BCUT2D eigenvalue weighted by Crippen LogP contribution is -2.37. The Morgan fingerprint density at radius 1 is 1.26 bits per heavy atom. The summed E-state index contributed by atoms with van der Waals surface area (Å²) in [6.45, 7) is 0.948. The number of ether oxygens (including phenoxy) is 2. The van der Waals surface area contributed by atoms with Crippen molar-refractivity contribution >= 4 is 17.0 Å². The van der Waals surface area contributed by atoms with E-state index in [1.807, 2.05) is 42.5 Å². The van der Waals surface area contributed by atoms with E-state index in [1.54, 1.807) is 7.11 Å². The number of benzene rings is 2. The van der Waals surface area contributed by atoms with Gasteiger partial charge in [0.25, 0.3) is 0 Å². The van der Waals surface area contributed by atoms with Crippen molar-refractivity contribution in [3.8, 4) is 11.5 Å². The van der Waals surface area contributed by atoms with Gasteiger partial charge in [-0.25, -0.2) is 4.98 Å². The number of fused-ring (bicyclic) bond motifs is 2. The third-order valence-corrected chi connectivity index (χ3v) is 4.75. The Balaban J connectivity index is 1.27. The molecule has 0 saturated heterocycles. The number of carbonyl (C=O) groups excluding carboxylic acids is 1. The Morgan fingerprint density at radius 2 is 2.15 bits per heavy atom. The molecular weight excluding hydrogens is 344 g/mol. The minimum absolute atomic E-state index is 0.0148. The number of nitrogens with one attached hydrogen (secondary N) is 1. The summed E-state index contributed by atoms with van der Waals surface area (Å²) in [5.41, 5.74) is 2.67. The second-order valence-electron chi connectivity index (χ2n) is 6.63. The molecule has 6 nitrogen and oxygen atoms in total. The predicted molar refractivity (Wildman–Crippen MR) is 101 cm³/mol. The number of oxazole rings is 1. The summed E-state index contributed by atoms with van der Waals surface area (Å²) in [4.78, 5) is 16.9. The molecule has 1 N–H and O–H groups in total. The lowest BCUT2D eigenvalue weighted by Gasteiger charge is -2.25. The van der Waals surface area contributed by atoms with Gasteiger partial charge < -0.3 is 19.2 Å². The fourth-order valence-corrected chi connectivity index (χ4v) is 3.35. The maximum Gasteiger partial charge on any atom is 0.226 e. The van der Waals surface area contributed by atoms with Crippen molar-refractivity contribution in [2.24, 2.45) is 5.92 Å². The molecule has 0 aliphatic carbocycles. The lowest BCUT2D eigenvalue weighted by molar-refractivity contribution is -0.126. The summed E-state index contributed by atoms with van der Waals surface area (Å²) in [6, 6.07) is 13.5. The van der Waals surface area contributed by atoms with Crippen molar-refractivity contribution < 1.29 is 18.7 Å². The molecule has 1 atom stereocenters. The minimum Gasteiger partial charge on any atom is -0.493 e. The molecule has 0 spiro atoms. The zero-order valence-electron chi connectivity index (χ0n) is 15.2. The summed E-state index contributed by atoms with van der Waals surface area (Å²) in [6.07, 6.45) is 2.12. The Bertz CT molecular complexity index is 917. The number of amides is 1. The molecule has 0 fully saturated rings. The molecule has 3 aromatic rings. The van der Waals surface area contributed by atoms with Crippen LogP contribution in [-0.2, 0) is 17.6 Å². The number of rotatable bonds is 6. The molecule has 1 amide bonds. The normalized spacial score (nSPS) is 15.8. The third-order valence-electron chi connectivity index (χ3n) is 4.75. The Kier molecular flexibility index (Phi) is 4.96. The van der Waals surface area contributed by atoms with E-state index in [2.05, 4.69) is 10.3 Å². The number of aryl methyl sites for hydroxylation is 1. The van der Waals surface area contributed by atoms with E-state index >= 15 is 0 Å². The summed E-state index contributed by atoms with van der Waals surface area (Å²) < 4.78 is 16.8. The topological polar surface area (TPSA) is 73.6 Å². The van der Waals surface area contributed by atoms with Gasteiger partial charge in [-0.15, -0.1) is 0 Å². The van der Waals surface area contributed by atoms with Crippen molar-refractivity contribution in [3.63, 3.8) is 0 Å².